The number of H-pyrrole nitrogens is 1. The molecule has 0 saturated carbocycles. The molecule has 1 aliphatic rings. The number of likely N-dealkylation sites (tertiary alicyclic amines) is 1. The topological polar surface area (TPSA) is 48.1 Å². The summed E-state index contributed by atoms with van der Waals surface area (Å²) in [5.41, 5.74) is 3.36. The zero-order chi connectivity index (χ0) is 13.9. The van der Waals surface area contributed by atoms with Gasteiger partial charge in [0, 0.05) is 17.1 Å². The van der Waals surface area contributed by atoms with Gasteiger partial charge in [-0.3, -0.25) is 4.79 Å². The van der Waals surface area contributed by atoms with Crippen molar-refractivity contribution in [1.29, 1.82) is 0 Å². The minimum atomic E-state index is 0.584. The van der Waals surface area contributed by atoms with E-state index >= 15 is 0 Å². The van der Waals surface area contributed by atoms with Crippen LogP contribution in [0.4, 0.5) is 5.69 Å². The second kappa shape index (κ2) is 5.67. The Bertz CT molecular complexity index is 597. The third-order valence-corrected chi connectivity index (χ3v) is 4.43. The summed E-state index contributed by atoms with van der Waals surface area (Å²) in [6.07, 6.45) is 5.25. The lowest BCUT2D eigenvalue weighted by Crippen LogP contribution is -2.32. The Kier molecular flexibility index (Phi) is 3.74. The maximum atomic E-state index is 10.8. The van der Waals surface area contributed by atoms with Crippen molar-refractivity contribution >= 4 is 23.0 Å². The molecule has 1 aromatic carbocycles. The van der Waals surface area contributed by atoms with Gasteiger partial charge < -0.3 is 15.2 Å². The molecule has 4 nitrogen and oxygen atoms in total. The van der Waals surface area contributed by atoms with Crippen LogP contribution < -0.4 is 5.32 Å². The number of carbonyl (C=O) groups is 1. The van der Waals surface area contributed by atoms with Crippen molar-refractivity contribution in [2.24, 2.45) is 0 Å². The lowest BCUT2D eigenvalue weighted by molar-refractivity contribution is -0.105. The molecule has 0 atom stereocenters. The number of anilines is 1. The summed E-state index contributed by atoms with van der Waals surface area (Å²) in [5.74, 6) is 0.584. The number of carbonyl (C=O) groups excluding carboxylic acids is 1. The minimum absolute atomic E-state index is 0.584. The molecule has 20 heavy (non-hydrogen) atoms. The lowest BCUT2D eigenvalue weighted by Gasteiger charge is -2.31. The first-order valence-corrected chi connectivity index (χ1v) is 7.36. The van der Waals surface area contributed by atoms with Gasteiger partial charge in [-0.25, -0.2) is 0 Å². The average Bonchev–Trinajstić information content (AvgIpc) is 2.93. The molecule has 3 rings (SSSR count). The second-order valence-corrected chi connectivity index (χ2v) is 5.44. The Labute approximate surface area is 119 Å². The van der Waals surface area contributed by atoms with E-state index in [1.165, 1.54) is 23.8 Å². The van der Waals surface area contributed by atoms with Crippen molar-refractivity contribution in [3.8, 4) is 0 Å². The monoisotopic (exact) mass is 271 g/mol. The number of nitrogens with zero attached hydrogens (tertiary/aromatic N) is 1. The number of amides is 1. The molecule has 2 heterocycles. The van der Waals surface area contributed by atoms with E-state index < -0.39 is 0 Å². The fourth-order valence-corrected chi connectivity index (χ4v) is 3.28. The third kappa shape index (κ3) is 2.31. The van der Waals surface area contributed by atoms with Crippen molar-refractivity contribution in [3.63, 3.8) is 0 Å². The molecule has 1 aromatic heterocycles. The number of fused-ring (bicyclic) bond motifs is 1. The maximum Gasteiger partial charge on any atom is 0.211 e. The first-order valence-electron chi connectivity index (χ1n) is 7.36. The molecule has 1 aliphatic heterocycles. The van der Waals surface area contributed by atoms with Gasteiger partial charge in [-0.15, -0.1) is 0 Å². The lowest BCUT2D eigenvalue weighted by atomic mass is 9.89. The predicted octanol–water partition coefficient (Wildman–Crippen LogP) is 2.94. The Morgan fingerprint density at radius 3 is 2.90 bits per heavy atom. The number of nitrogens with one attached hydrogen (secondary N) is 2. The fourth-order valence-electron chi connectivity index (χ4n) is 3.28. The van der Waals surface area contributed by atoms with Gasteiger partial charge in [-0.1, -0.05) is 13.0 Å². The van der Waals surface area contributed by atoms with Gasteiger partial charge in [0.15, 0.2) is 0 Å². The number of hydrogen-bond donors (Lipinski definition) is 2. The van der Waals surface area contributed by atoms with Crippen LogP contribution in [0, 0.1) is 0 Å². The summed E-state index contributed by atoms with van der Waals surface area (Å²) in [7, 11) is 0. The Balaban J connectivity index is 1.93. The standard InChI is InChI=1S/C16H21N3O/c1-2-19-8-6-12(7-9-19)13-10-17-14-4-3-5-15(16(13)14)18-11-20/h3-5,10-12,17H,2,6-9H2,1H3,(H,18,20). The molecule has 2 aromatic rings. The molecule has 1 saturated heterocycles. The molecule has 2 N–H and O–H groups in total. The summed E-state index contributed by atoms with van der Waals surface area (Å²) >= 11 is 0. The van der Waals surface area contributed by atoms with Crippen LogP contribution in [0.3, 0.4) is 0 Å². The van der Waals surface area contributed by atoms with Crippen molar-refractivity contribution < 1.29 is 4.79 Å². The average molecular weight is 271 g/mol. The smallest absolute Gasteiger partial charge is 0.211 e. The highest BCUT2D eigenvalue weighted by Gasteiger charge is 2.22. The van der Waals surface area contributed by atoms with E-state index in [1.807, 2.05) is 12.1 Å². The molecular formula is C16H21N3O. The second-order valence-electron chi connectivity index (χ2n) is 5.44. The van der Waals surface area contributed by atoms with Crippen molar-refractivity contribution in [2.75, 3.05) is 25.0 Å². The normalized spacial score (nSPS) is 17.4. The van der Waals surface area contributed by atoms with Gasteiger partial charge >= 0.3 is 0 Å². The fraction of sp³-hybridized carbons (Fsp3) is 0.438. The van der Waals surface area contributed by atoms with Crippen LogP contribution in [0.15, 0.2) is 24.4 Å². The number of aromatic nitrogens is 1. The van der Waals surface area contributed by atoms with E-state index in [-0.39, 0.29) is 0 Å². The number of aromatic amines is 1. The number of hydrogen-bond acceptors (Lipinski definition) is 2. The summed E-state index contributed by atoms with van der Waals surface area (Å²) in [6.45, 7) is 5.69. The van der Waals surface area contributed by atoms with Crippen LogP contribution in [-0.4, -0.2) is 35.9 Å². The van der Waals surface area contributed by atoms with Gasteiger partial charge in [0.2, 0.25) is 6.41 Å². The van der Waals surface area contributed by atoms with Crippen LogP contribution in [0.2, 0.25) is 0 Å². The molecule has 0 unspecified atom stereocenters. The first-order chi connectivity index (χ1) is 9.83. The van der Waals surface area contributed by atoms with Crippen molar-refractivity contribution in [3.05, 3.63) is 30.0 Å². The van der Waals surface area contributed by atoms with Gasteiger partial charge in [0.25, 0.3) is 0 Å². The van der Waals surface area contributed by atoms with Crippen molar-refractivity contribution in [1.82, 2.24) is 9.88 Å². The van der Waals surface area contributed by atoms with Crippen molar-refractivity contribution in [2.45, 2.75) is 25.7 Å². The summed E-state index contributed by atoms with van der Waals surface area (Å²) in [4.78, 5) is 16.6. The Hall–Kier alpha value is -1.81. The van der Waals surface area contributed by atoms with E-state index in [2.05, 4.69) is 34.4 Å². The van der Waals surface area contributed by atoms with Gasteiger partial charge in [-0.05, 0) is 56.1 Å². The van der Waals surface area contributed by atoms with Gasteiger partial charge in [0.1, 0.15) is 0 Å². The van der Waals surface area contributed by atoms with Crippen LogP contribution in [-0.2, 0) is 4.79 Å². The molecule has 1 amide bonds. The molecule has 0 bridgehead atoms. The van der Waals surface area contributed by atoms with Gasteiger partial charge in [-0.2, -0.15) is 0 Å². The predicted molar refractivity (Wildman–Crippen MR) is 82.1 cm³/mol. The molecule has 4 heteroatoms. The van der Waals surface area contributed by atoms with E-state index in [1.54, 1.807) is 0 Å². The van der Waals surface area contributed by atoms with E-state index in [9.17, 15) is 4.79 Å². The summed E-state index contributed by atoms with van der Waals surface area (Å²) in [5, 5.41) is 4.00. The molecule has 1 fully saturated rings. The van der Waals surface area contributed by atoms with Crippen LogP contribution >= 0.6 is 0 Å². The highest BCUT2D eigenvalue weighted by Crippen LogP contribution is 2.36. The molecule has 0 radical (unpaired) electrons. The minimum Gasteiger partial charge on any atom is -0.361 e. The summed E-state index contributed by atoms with van der Waals surface area (Å²) in [6, 6.07) is 6.00. The van der Waals surface area contributed by atoms with E-state index in [4.69, 9.17) is 0 Å². The molecule has 0 aliphatic carbocycles. The number of benzene rings is 1. The largest absolute Gasteiger partial charge is 0.361 e. The molecule has 0 spiro atoms. The maximum absolute atomic E-state index is 10.8. The van der Waals surface area contributed by atoms with Gasteiger partial charge in [0.05, 0.1) is 5.69 Å². The molecular weight excluding hydrogens is 250 g/mol. The van der Waals surface area contributed by atoms with E-state index in [0.29, 0.717) is 5.92 Å². The summed E-state index contributed by atoms with van der Waals surface area (Å²) < 4.78 is 0. The van der Waals surface area contributed by atoms with Crippen LogP contribution in [0.25, 0.3) is 10.9 Å². The third-order valence-electron chi connectivity index (χ3n) is 4.43. The van der Waals surface area contributed by atoms with E-state index in [0.717, 1.165) is 37.2 Å². The number of rotatable bonds is 4. The first kappa shape index (κ1) is 13.2. The van der Waals surface area contributed by atoms with Crippen LogP contribution in [0.1, 0.15) is 31.2 Å². The Morgan fingerprint density at radius 2 is 2.20 bits per heavy atom. The highest BCUT2D eigenvalue weighted by atomic mass is 16.1. The zero-order valence-electron chi connectivity index (χ0n) is 11.9. The highest BCUT2D eigenvalue weighted by molar-refractivity contribution is 5.98. The SMILES string of the molecule is CCN1CCC(c2c[nH]c3cccc(NC=O)c23)CC1. The molecule has 106 valence electrons. The zero-order valence-corrected chi connectivity index (χ0v) is 11.9. The van der Waals surface area contributed by atoms with Crippen LogP contribution in [0.5, 0.6) is 0 Å². The Morgan fingerprint density at radius 1 is 1.40 bits per heavy atom. The quantitative estimate of drug-likeness (QED) is 0.840. The number of piperidine rings is 1.